The van der Waals surface area contributed by atoms with E-state index in [1.807, 2.05) is 67.6 Å². The average molecular weight is 367 g/mol. The third-order valence-electron chi connectivity index (χ3n) is 4.51. The standard InChI is InChI=1S/C22H19F2NO2/c1-22(16-10-4-2-5-11-16,17-12-6-3-7-13-17)20(26)25-18-14-8-9-15-19(18)27-21(23)24/h2-15,21H,1H3,(H,25,26). The van der Waals surface area contributed by atoms with Crippen LogP contribution in [-0.4, -0.2) is 12.5 Å². The van der Waals surface area contributed by atoms with E-state index >= 15 is 0 Å². The molecule has 0 bridgehead atoms. The molecule has 0 aliphatic rings. The first-order chi connectivity index (χ1) is 13.0. The number of halogens is 2. The fraction of sp³-hybridized carbons (Fsp3) is 0.136. The maximum atomic E-state index is 13.3. The van der Waals surface area contributed by atoms with Gasteiger partial charge in [0.15, 0.2) is 0 Å². The first-order valence-corrected chi connectivity index (χ1v) is 8.48. The minimum Gasteiger partial charge on any atom is -0.433 e. The van der Waals surface area contributed by atoms with Gasteiger partial charge in [-0.15, -0.1) is 0 Å². The van der Waals surface area contributed by atoms with E-state index in [1.54, 1.807) is 12.1 Å². The van der Waals surface area contributed by atoms with E-state index in [4.69, 9.17) is 0 Å². The third kappa shape index (κ3) is 3.97. The Hall–Kier alpha value is -3.21. The highest BCUT2D eigenvalue weighted by molar-refractivity contribution is 6.02. The largest absolute Gasteiger partial charge is 0.433 e. The number of benzene rings is 3. The molecule has 0 heterocycles. The van der Waals surface area contributed by atoms with E-state index in [2.05, 4.69) is 10.1 Å². The zero-order chi connectivity index (χ0) is 19.3. The van der Waals surface area contributed by atoms with E-state index < -0.39 is 12.0 Å². The molecule has 1 amide bonds. The number of amides is 1. The van der Waals surface area contributed by atoms with Gasteiger partial charge in [-0.05, 0) is 30.2 Å². The van der Waals surface area contributed by atoms with E-state index in [9.17, 15) is 13.6 Å². The van der Waals surface area contributed by atoms with Crippen molar-refractivity contribution >= 4 is 11.6 Å². The van der Waals surface area contributed by atoms with Gasteiger partial charge in [-0.25, -0.2) is 0 Å². The minimum atomic E-state index is -2.97. The van der Waals surface area contributed by atoms with Crippen molar-refractivity contribution in [3.63, 3.8) is 0 Å². The molecule has 3 nitrogen and oxygen atoms in total. The van der Waals surface area contributed by atoms with Crippen LogP contribution in [0, 0.1) is 0 Å². The van der Waals surface area contributed by atoms with E-state index in [-0.39, 0.29) is 17.3 Å². The Balaban J connectivity index is 2.01. The number of nitrogens with one attached hydrogen (secondary N) is 1. The second-order valence-corrected chi connectivity index (χ2v) is 6.19. The number of hydrogen-bond acceptors (Lipinski definition) is 2. The first kappa shape index (κ1) is 18.6. The Morgan fingerprint density at radius 3 is 1.85 bits per heavy atom. The van der Waals surface area contributed by atoms with Gasteiger partial charge >= 0.3 is 6.61 Å². The summed E-state index contributed by atoms with van der Waals surface area (Å²) in [4.78, 5) is 13.3. The molecule has 3 rings (SSSR count). The molecule has 0 unspecified atom stereocenters. The maximum absolute atomic E-state index is 13.3. The summed E-state index contributed by atoms with van der Waals surface area (Å²) in [7, 11) is 0. The molecule has 0 aromatic heterocycles. The summed E-state index contributed by atoms with van der Waals surface area (Å²) < 4.78 is 29.9. The smallest absolute Gasteiger partial charge is 0.387 e. The van der Waals surface area contributed by atoms with Crippen LogP contribution in [0.25, 0.3) is 0 Å². The van der Waals surface area contributed by atoms with Crippen LogP contribution in [0.5, 0.6) is 5.75 Å². The van der Waals surface area contributed by atoms with Crippen molar-refractivity contribution in [2.24, 2.45) is 0 Å². The number of ether oxygens (including phenoxy) is 1. The van der Waals surface area contributed by atoms with Crippen molar-refractivity contribution in [1.82, 2.24) is 0 Å². The maximum Gasteiger partial charge on any atom is 0.387 e. The number of rotatable bonds is 6. The molecule has 0 aliphatic carbocycles. The molecule has 0 fully saturated rings. The molecule has 3 aromatic rings. The number of carbonyl (C=O) groups is 1. The Morgan fingerprint density at radius 2 is 1.33 bits per heavy atom. The summed E-state index contributed by atoms with van der Waals surface area (Å²) in [6.07, 6.45) is 0. The average Bonchev–Trinajstić information content (AvgIpc) is 2.69. The fourth-order valence-electron chi connectivity index (χ4n) is 2.99. The second kappa shape index (κ2) is 7.99. The molecular formula is C22H19F2NO2. The molecule has 0 saturated heterocycles. The first-order valence-electron chi connectivity index (χ1n) is 8.48. The van der Waals surface area contributed by atoms with Gasteiger partial charge in [0, 0.05) is 0 Å². The number of anilines is 1. The second-order valence-electron chi connectivity index (χ2n) is 6.19. The van der Waals surface area contributed by atoms with Crippen molar-refractivity contribution < 1.29 is 18.3 Å². The van der Waals surface area contributed by atoms with Crippen LogP contribution in [-0.2, 0) is 10.2 Å². The molecule has 0 saturated carbocycles. The molecule has 0 aliphatic heterocycles. The number of para-hydroxylation sites is 2. The van der Waals surface area contributed by atoms with Crippen molar-refractivity contribution in [3.8, 4) is 5.75 Å². The van der Waals surface area contributed by atoms with Gasteiger partial charge in [0.2, 0.25) is 5.91 Å². The molecule has 138 valence electrons. The summed E-state index contributed by atoms with van der Waals surface area (Å²) in [5.41, 5.74) is 0.767. The van der Waals surface area contributed by atoms with Crippen LogP contribution in [0.1, 0.15) is 18.1 Å². The van der Waals surface area contributed by atoms with E-state index in [0.29, 0.717) is 0 Å². The Bertz CT molecular complexity index is 859. The predicted octanol–water partition coefficient (Wildman–Crippen LogP) is 5.23. The number of hydrogen-bond donors (Lipinski definition) is 1. The summed E-state index contributed by atoms with van der Waals surface area (Å²) in [5, 5.41) is 2.76. The van der Waals surface area contributed by atoms with Crippen molar-refractivity contribution in [2.45, 2.75) is 19.0 Å². The minimum absolute atomic E-state index is 0.0793. The summed E-state index contributed by atoms with van der Waals surface area (Å²) in [5.74, 6) is -0.422. The van der Waals surface area contributed by atoms with Crippen LogP contribution >= 0.6 is 0 Å². The van der Waals surface area contributed by atoms with Gasteiger partial charge in [-0.2, -0.15) is 8.78 Å². The fourth-order valence-corrected chi connectivity index (χ4v) is 2.99. The highest BCUT2D eigenvalue weighted by Crippen LogP contribution is 2.35. The van der Waals surface area contributed by atoms with Crippen LogP contribution in [0.15, 0.2) is 84.9 Å². The SMILES string of the molecule is CC(C(=O)Nc1ccccc1OC(F)F)(c1ccccc1)c1ccccc1. The normalized spacial score (nSPS) is 11.3. The molecule has 1 N–H and O–H groups in total. The molecule has 0 spiro atoms. The van der Waals surface area contributed by atoms with Gasteiger partial charge in [0.05, 0.1) is 11.1 Å². The summed E-state index contributed by atoms with van der Waals surface area (Å²) in [6, 6.07) is 24.8. The Kier molecular flexibility index (Phi) is 5.50. The van der Waals surface area contributed by atoms with E-state index in [1.165, 1.54) is 12.1 Å². The van der Waals surface area contributed by atoms with Crippen LogP contribution in [0.2, 0.25) is 0 Å². The molecule has 0 atom stereocenters. The zero-order valence-electron chi connectivity index (χ0n) is 14.7. The monoisotopic (exact) mass is 367 g/mol. The number of alkyl halides is 2. The molecule has 5 heteroatoms. The van der Waals surface area contributed by atoms with Gasteiger partial charge in [0.25, 0.3) is 0 Å². The lowest BCUT2D eigenvalue weighted by molar-refractivity contribution is -0.119. The van der Waals surface area contributed by atoms with Crippen LogP contribution < -0.4 is 10.1 Å². The lowest BCUT2D eigenvalue weighted by Gasteiger charge is -2.30. The summed E-state index contributed by atoms with van der Waals surface area (Å²) >= 11 is 0. The Morgan fingerprint density at radius 1 is 0.852 bits per heavy atom. The van der Waals surface area contributed by atoms with Gasteiger partial charge in [-0.3, -0.25) is 4.79 Å². The van der Waals surface area contributed by atoms with Crippen molar-refractivity contribution in [1.29, 1.82) is 0 Å². The topological polar surface area (TPSA) is 38.3 Å². The van der Waals surface area contributed by atoms with Gasteiger partial charge in [-0.1, -0.05) is 72.8 Å². The predicted molar refractivity (Wildman–Crippen MR) is 101 cm³/mol. The number of carbonyl (C=O) groups excluding carboxylic acids is 1. The van der Waals surface area contributed by atoms with Gasteiger partial charge < -0.3 is 10.1 Å². The quantitative estimate of drug-likeness (QED) is 0.648. The molecule has 27 heavy (non-hydrogen) atoms. The van der Waals surface area contributed by atoms with Crippen LogP contribution in [0.3, 0.4) is 0 Å². The van der Waals surface area contributed by atoms with Crippen molar-refractivity contribution in [3.05, 3.63) is 96.1 Å². The van der Waals surface area contributed by atoms with E-state index in [0.717, 1.165) is 11.1 Å². The Labute approximate surface area is 156 Å². The third-order valence-corrected chi connectivity index (χ3v) is 4.51. The molecule has 3 aromatic carbocycles. The summed E-state index contributed by atoms with van der Waals surface area (Å²) in [6.45, 7) is -1.17. The highest BCUT2D eigenvalue weighted by Gasteiger charge is 2.37. The van der Waals surface area contributed by atoms with Gasteiger partial charge in [0.1, 0.15) is 5.75 Å². The molecular weight excluding hydrogens is 348 g/mol. The highest BCUT2D eigenvalue weighted by atomic mass is 19.3. The lowest BCUT2D eigenvalue weighted by atomic mass is 9.75. The van der Waals surface area contributed by atoms with Crippen molar-refractivity contribution in [2.75, 3.05) is 5.32 Å². The van der Waals surface area contributed by atoms with Crippen LogP contribution in [0.4, 0.5) is 14.5 Å². The molecule has 0 radical (unpaired) electrons. The zero-order valence-corrected chi connectivity index (χ0v) is 14.7. The lowest BCUT2D eigenvalue weighted by Crippen LogP contribution is -2.38.